The number of anilines is 1. The Hall–Kier alpha value is -1.21. The first-order chi connectivity index (χ1) is 12.3. The summed E-state index contributed by atoms with van der Waals surface area (Å²) in [4.78, 5) is 6.19. The molecule has 7 nitrogen and oxygen atoms in total. The highest BCUT2D eigenvalue weighted by Crippen LogP contribution is 2.24. The van der Waals surface area contributed by atoms with Crippen LogP contribution in [0.5, 0.6) is 0 Å². The van der Waals surface area contributed by atoms with E-state index in [1.165, 1.54) is 12.1 Å². The van der Waals surface area contributed by atoms with Crippen molar-refractivity contribution in [2.24, 2.45) is 4.99 Å². The van der Waals surface area contributed by atoms with E-state index in [-0.39, 0.29) is 36.6 Å². The smallest absolute Gasteiger partial charge is 0.208 e. The molecule has 1 saturated heterocycles. The largest absolute Gasteiger partial charge is 0.367 e. The lowest BCUT2D eigenvalue weighted by atomic mass is 10.2. The van der Waals surface area contributed by atoms with Crippen molar-refractivity contribution in [1.82, 2.24) is 15.4 Å². The van der Waals surface area contributed by atoms with Crippen LogP contribution in [-0.2, 0) is 10.0 Å². The third kappa shape index (κ3) is 8.13. The first-order valence-electron chi connectivity index (χ1n) is 8.48. The molecule has 0 aromatic heterocycles. The van der Waals surface area contributed by atoms with E-state index in [1.54, 1.807) is 0 Å². The monoisotopic (exact) mass is 517 g/mol. The van der Waals surface area contributed by atoms with E-state index < -0.39 is 21.7 Å². The molecule has 1 unspecified atom stereocenters. The summed E-state index contributed by atoms with van der Waals surface area (Å²) >= 11 is 0. The van der Waals surface area contributed by atoms with Crippen LogP contribution in [0.2, 0.25) is 0 Å². The lowest BCUT2D eigenvalue weighted by Crippen LogP contribution is -2.45. The van der Waals surface area contributed by atoms with Gasteiger partial charge in [-0.2, -0.15) is 0 Å². The molecular weight excluding hydrogens is 491 g/mol. The molecule has 3 N–H and O–H groups in total. The van der Waals surface area contributed by atoms with Crippen molar-refractivity contribution in [2.45, 2.75) is 19.4 Å². The molecule has 0 saturated carbocycles. The van der Waals surface area contributed by atoms with E-state index in [1.807, 2.05) is 11.8 Å². The molecule has 0 radical (unpaired) electrons. The van der Waals surface area contributed by atoms with Crippen molar-refractivity contribution in [2.75, 3.05) is 43.9 Å². The van der Waals surface area contributed by atoms with Crippen LogP contribution in [0.1, 0.15) is 13.3 Å². The maximum Gasteiger partial charge on any atom is 0.208 e. The highest BCUT2D eigenvalue weighted by atomic mass is 127. The molecule has 1 aromatic carbocycles. The van der Waals surface area contributed by atoms with Gasteiger partial charge in [-0.15, -0.1) is 24.0 Å². The van der Waals surface area contributed by atoms with Crippen molar-refractivity contribution in [3.8, 4) is 0 Å². The van der Waals surface area contributed by atoms with E-state index in [9.17, 15) is 17.2 Å². The van der Waals surface area contributed by atoms with Gasteiger partial charge in [-0.3, -0.25) is 4.99 Å². The molecule has 0 spiro atoms. The summed E-state index contributed by atoms with van der Waals surface area (Å²) in [6.45, 7) is 4.32. The number of guanidine groups is 1. The van der Waals surface area contributed by atoms with Gasteiger partial charge in [-0.1, -0.05) is 0 Å². The van der Waals surface area contributed by atoms with E-state index in [2.05, 4.69) is 20.3 Å². The summed E-state index contributed by atoms with van der Waals surface area (Å²) in [5, 5.41) is 6.37. The fourth-order valence-corrected chi connectivity index (χ4v) is 3.21. The molecule has 154 valence electrons. The second kappa shape index (κ2) is 11.0. The van der Waals surface area contributed by atoms with Crippen molar-refractivity contribution in [1.29, 1.82) is 0 Å². The number of benzene rings is 1. The lowest BCUT2D eigenvalue weighted by Gasteiger charge is -2.21. The Kier molecular flexibility index (Phi) is 9.67. The quantitative estimate of drug-likeness (QED) is 0.220. The van der Waals surface area contributed by atoms with Crippen molar-refractivity contribution < 1.29 is 17.2 Å². The van der Waals surface area contributed by atoms with Gasteiger partial charge in [0.15, 0.2) is 5.96 Å². The van der Waals surface area contributed by atoms with Gasteiger partial charge in [-0.25, -0.2) is 21.9 Å². The minimum Gasteiger partial charge on any atom is -0.367 e. The average Bonchev–Trinajstić information content (AvgIpc) is 2.99. The average molecular weight is 517 g/mol. The zero-order chi connectivity index (χ0) is 19.2. The van der Waals surface area contributed by atoms with Crippen LogP contribution in [0.4, 0.5) is 14.5 Å². The molecule has 0 aliphatic carbocycles. The van der Waals surface area contributed by atoms with Gasteiger partial charge in [0.05, 0.1) is 18.5 Å². The summed E-state index contributed by atoms with van der Waals surface area (Å²) < 4.78 is 51.5. The summed E-state index contributed by atoms with van der Waals surface area (Å²) in [5.74, 6) is -0.586. The van der Waals surface area contributed by atoms with Gasteiger partial charge in [0.2, 0.25) is 10.0 Å². The van der Waals surface area contributed by atoms with Crippen LogP contribution in [0.25, 0.3) is 0 Å². The number of nitrogens with zero attached hydrogens (tertiary/aromatic N) is 2. The normalized spacial score (nSPS) is 17.6. The maximum absolute atomic E-state index is 13.9. The minimum absolute atomic E-state index is 0. The minimum atomic E-state index is -3.23. The van der Waals surface area contributed by atoms with E-state index in [0.717, 1.165) is 18.7 Å². The molecule has 2 rings (SSSR count). The van der Waals surface area contributed by atoms with Gasteiger partial charge in [0.25, 0.3) is 0 Å². The summed E-state index contributed by atoms with van der Waals surface area (Å²) in [6, 6.07) is 3.64. The molecule has 0 amide bonds. The SMILES string of the molecule is CCNC(=NCCNS(C)(=O)=O)NC1CCN(c2ccc(F)cc2F)C1.I. The van der Waals surface area contributed by atoms with Gasteiger partial charge in [0.1, 0.15) is 11.6 Å². The van der Waals surface area contributed by atoms with Crippen molar-refractivity contribution in [3.63, 3.8) is 0 Å². The predicted molar refractivity (Wildman–Crippen MR) is 114 cm³/mol. The Labute approximate surface area is 176 Å². The van der Waals surface area contributed by atoms with Gasteiger partial charge in [0, 0.05) is 38.3 Å². The fourth-order valence-electron chi connectivity index (χ4n) is 2.75. The maximum atomic E-state index is 13.9. The van der Waals surface area contributed by atoms with E-state index >= 15 is 0 Å². The van der Waals surface area contributed by atoms with E-state index in [0.29, 0.717) is 37.8 Å². The van der Waals surface area contributed by atoms with Crippen LogP contribution in [0, 0.1) is 11.6 Å². The first-order valence-corrected chi connectivity index (χ1v) is 10.4. The van der Waals surface area contributed by atoms with Crippen molar-refractivity contribution in [3.05, 3.63) is 29.8 Å². The second-order valence-corrected chi connectivity index (χ2v) is 7.93. The number of aliphatic imine (C=N–C) groups is 1. The lowest BCUT2D eigenvalue weighted by molar-refractivity contribution is 0.580. The number of rotatable bonds is 7. The highest BCUT2D eigenvalue weighted by Gasteiger charge is 2.25. The third-order valence-electron chi connectivity index (χ3n) is 3.87. The molecule has 27 heavy (non-hydrogen) atoms. The zero-order valence-corrected chi connectivity index (χ0v) is 18.5. The number of nitrogens with one attached hydrogen (secondary N) is 3. The first kappa shape index (κ1) is 23.8. The number of halogens is 3. The van der Waals surface area contributed by atoms with Gasteiger partial charge in [-0.05, 0) is 25.5 Å². The topological polar surface area (TPSA) is 85.8 Å². The highest BCUT2D eigenvalue weighted by molar-refractivity contribution is 14.0. The Morgan fingerprint density at radius 1 is 1.37 bits per heavy atom. The van der Waals surface area contributed by atoms with Crippen LogP contribution >= 0.6 is 24.0 Å². The molecule has 11 heteroatoms. The summed E-state index contributed by atoms with van der Waals surface area (Å²) in [6.07, 6.45) is 1.88. The van der Waals surface area contributed by atoms with Crippen LogP contribution in [0.3, 0.4) is 0 Å². The van der Waals surface area contributed by atoms with Gasteiger partial charge >= 0.3 is 0 Å². The van der Waals surface area contributed by atoms with E-state index in [4.69, 9.17) is 0 Å². The molecule has 1 fully saturated rings. The fraction of sp³-hybridized carbons (Fsp3) is 0.562. The molecule has 1 aromatic rings. The number of sulfonamides is 1. The molecular formula is C16H26F2IN5O2S. The Bertz CT molecular complexity index is 748. The molecule has 1 atom stereocenters. The van der Waals surface area contributed by atoms with Crippen molar-refractivity contribution >= 4 is 45.6 Å². The Balaban J connectivity index is 0.00000364. The Morgan fingerprint density at radius 2 is 2.11 bits per heavy atom. The van der Waals surface area contributed by atoms with Gasteiger partial charge < -0.3 is 15.5 Å². The predicted octanol–water partition coefficient (Wildman–Crippen LogP) is 1.27. The second-order valence-electron chi connectivity index (χ2n) is 6.10. The van der Waals surface area contributed by atoms with Crippen LogP contribution in [-0.4, -0.2) is 59.4 Å². The third-order valence-corrected chi connectivity index (χ3v) is 4.60. The zero-order valence-electron chi connectivity index (χ0n) is 15.3. The molecule has 1 aliphatic rings. The summed E-state index contributed by atoms with van der Waals surface area (Å²) in [7, 11) is -3.23. The standard InChI is InChI=1S/C16H25F2N5O2S.HI/c1-3-19-16(20-7-8-21-26(2,24)25)22-13-6-9-23(11-13)15-5-4-12(17)10-14(15)18;/h4-5,10,13,21H,3,6-9,11H2,1-2H3,(H2,19,20,22);1H. The van der Waals surface area contributed by atoms with Crippen LogP contribution in [0.15, 0.2) is 23.2 Å². The summed E-state index contributed by atoms with van der Waals surface area (Å²) in [5.41, 5.74) is 0.384. The number of hydrogen-bond acceptors (Lipinski definition) is 4. The molecule has 1 heterocycles. The number of hydrogen-bond donors (Lipinski definition) is 3. The molecule has 0 bridgehead atoms. The Morgan fingerprint density at radius 3 is 2.74 bits per heavy atom. The molecule has 1 aliphatic heterocycles. The van der Waals surface area contributed by atoms with Crippen LogP contribution < -0.4 is 20.3 Å².